The average molecular weight is 360 g/mol. The highest BCUT2D eigenvalue weighted by Gasteiger charge is 2.24. The third-order valence-corrected chi connectivity index (χ3v) is 3.28. The molecule has 1 saturated heterocycles. The first-order valence-corrected chi connectivity index (χ1v) is 6.71. The van der Waals surface area contributed by atoms with Crippen molar-refractivity contribution in [2.24, 2.45) is 0 Å². The van der Waals surface area contributed by atoms with Crippen molar-refractivity contribution in [1.82, 2.24) is 15.3 Å². The van der Waals surface area contributed by atoms with Crippen LogP contribution in [0.5, 0.6) is 0 Å². The summed E-state index contributed by atoms with van der Waals surface area (Å²) in [5.74, 6) is -0.646. The molecule has 18 heavy (non-hydrogen) atoms. The van der Waals surface area contributed by atoms with E-state index in [1.807, 2.05) is 6.07 Å². The summed E-state index contributed by atoms with van der Waals surface area (Å²) in [6.45, 7) is 1.32. The molecular formula is C11H13IN4O2. The largest absolute Gasteiger partial charge is 0.334 e. The summed E-state index contributed by atoms with van der Waals surface area (Å²) in [5, 5.41) is 0. The number of nitrogens with one attached hydrogen (secondary N) is 2. The van der Waals surface area contributed by atoms with Gasteiger partial charge in [-0.05, 0) is 47.6 Å². The van der Waals surface area contributed by atoms with Gasteiger partial charge in [0.05, 0.1) is 0 Å². The Hall–Kier alpha value is -1.38. The van der Waals surface area contributed by atoms with E-state index in [1.54, 1.807) is 17.2 Å². The summed E-state index contributed by atoms with van der Waals surface area (Å²) < 4.78 is 0.991. The molecule has 1 aromatic heterocycles. The van der Waals surface area contributed by atoms with Gasteiger partial charge in [-0.3, -0.25) is 20.4 Å². The zero-order valence-corrected chi connectivity index (χ0v) is 11.8. The SMILES string of the molecule is O=C(NNc1cc(I)ccn1)C(=O)N1CCCC1. The van der Waals surface area contributed by atoms with Crippen molar-refractivity contribution >= 4 is 40.2 Å². The highest BCUT2D eigenvalue weighted by Crippen LogP contribution is 2.09. The van der Waals surface area contributed by atoms with Crippen molar-refractivity contribution in [3.63, 3.8) is 0 Å². The number of likely N-dealkylation sites (tertiary alicyclic amines) is 1. The van der Waals surface area contributed by atoms with Crippen LogP contribution in [0.2, 0.25) is 0 Å². The van der Waals surface area contributed by atoms with Crippen LogP contribution in [0.4, 0.5) is 5.82 Å². The topological polar surface area (TPSA) is 74.3 Å². The lowest BCUT2D eigenvalue weighted by atomic mass is 10.4. The number of hydrogen-bond acceptors (Lipinski definition) is 4. The smallest absolute Gasteiger partial charge is 0.327 e. The number of amides is 2. The Labute approximate surface area is 118 Å². The van der Waals surface area contributed by atoms with E-state index in [2.05, 4.69) is 38.4 Å². The second-order valence-corrected chi connectivity index (χ2v) is 5.18. The fourth-order valence-electron chi connectivity index (χ4n) is 1.71. The van der Waals surface area contributed by atoms with Gasteiger partial charge < -0.3 is 4.90 Å². The fraction of sp³-hybridized carbons (Fsp3) is 0.364. The molecule has 0 aliphatic carbocycles. The van der Waals surface area contributed by atoms with Crippen molar-refractivity contribution in [3.8, 4) is 0 Å². The van der Waals surface area contributed by atoms with Gasteiger partial charge in [0, 0.05) is 22.9 Å². The Morgan fingerprint density at radius 1 is 1.33 bits per heavy atom. The lowest BCUT2D eigenvalue weighted by Gasteiger charge is -2.14. The maximum absolute atomic E-state index is 11.7. The number of nitrogens with zero attached hydrogens (tertiary/aromatic N) is 2. The second kappa shape index (κ2) is 5.98. The highest BCUT2D eigenvalue weighted by molar-refractivity contribution is 14.1. The molecule has 7 heteroatoms. The molecule has 0 spiro atoms. The molecule has 2 N–H and O–H groups in total. The molecule has 2 amide bonds. The average Bonchev–Trinajstić information content (AvgIpc) is 2.89. The van der Waals surface area contributed by atoms with Gasteiger partial charge in [-0.2, -0.15) is 0 Å². The van der Waals surface area contributed by atoms with Crippen molar-refractivity contribution in [2.45, 2.75) is 12.8 Å². The van der Waals surface area contributed by atoms with Crippen molar-refractivity contribution < 1.29 is 9.59 Å². The first kappa shape index (κ1) is 13.1. The van der Waals surface area contributed by atoms with Gasteiger partial charge in [0.15, 0.2) is 0 Å². The number of anilines is 1. The molecule has 1 aliphatic rings. The van der Waals surface area contributed by atoms with Crippen molar-refractivity contribution in [2.75, 3.05) is 18.5 Å². The van der Waals surface area contributed by atoms with Crippen LogP contribution in [0.1, 0.15) is 12.8 Å². The van der Waals surface area contributed by atoms with Gasteiger partial charge in [-0.25, -0.2) is 4.98 Å². The van der Waals surface area contributed by atoms with Crippen LogP contribution in [0.3, 0.4) is 0 Å². The van der Waals surface area contributed by atoms with E-state index in [1.165, 1.54) is 0 Å². The Kier molecular flexibility index (Phi) is 4.34. The summed E-state index contributed by atoms with van der Waals surface area (Å²) in [7, 11) is 0. The van der Waals surface area contributed by atoms with Gasteiger partial charge in [0.1, 0.15) is 5.82 Å². The highest BCUT2D eigenvalue weighted by atomic mass is 127. The van der Waals surface area contributed by atoms with Gasteiger partial charge in [-0.1, -0.05) is 0 Å². The van der Waals surface area contributed by atoms with Crippen LogP contribution in [0.25, 0.3) is 0 Å². The van der Waals surface area contributed by atoms with Crippen LogP contribution in [0.15, 0.2) is 18.3 Å². The molecule has 2 heterocycles. The standard InChI is InChI=1S/C11H13IN4O2/c12-8-3-4-13-9(7-8)14-15-10(17)11(18)16-5-1-2-6-16/h3-4,7H,1-2,5-6H2,(H,13,14)(H,15,17). The number of carbonyl (C=O) groups is 2. The number of pyridine rings is 1. The van der Waals surface area contributed by atoms with E-state index in [9.17, 15) is 9.59 Å². The van der Waals surface area contributed by atoms with Crippen LogP contribution >= 0.6 is 22.6 Å². The van der Waals surface area contributed by atoms with E-state index in [0.29, 0.717) is 18.9 Å². The van der Waals surface area contributed by atoms with Crippen LogP contribution in [-0.2, 0) is 9.59 Å². The molecule has 1 aromatic rings. The Morgan fingerprint density at radius 2 is 2.06 bits per heavy atom. The minimum absolute atomic E-state index is 0.495. The molecule has 0 aromatic carbocycles. The van der Waals surface area contributed by atoms with Gasteiger partial charge in [0.2, 0.25) is 0 Å². The zero-order valence-electron chi connectivity index (χ0n) is 9.65. The molecule has 0 saturated carbocycles. The fourth-order valence-corrected chi connectivity index (χ4v) is 2.17. The number of aromatic nitrogens is 1. The van der Waals surface area contributed by atoms with E-state index >= 15 is 0 Å². The Morgan fingerprint density at radius 3 is 2.72 bits per heavy atom. The maximum Gasteiger partial charge on any atom is 0.327 e. The minimum Gasteiger partial charge on any atom is -0.334 e. The molecule has 96 valence electrons. The molecule has 0 bridgehead atoms. The van der Waals surface area contributed by atoms with Crippen molar-refractivity contribution in [3.05, 3.63) is 21.9 Å². The maximum atomic E-state index is 11.7. The lowest BCUT2D eigenvalue weighted by molar-refractivity contribution is -0.144. The lowest BCUT2D eigenvalue weighted by Crippen LogP contribution is -2.43. The van der Waals surface area contributed by atoms with E-state index in [0.717, 1.165) is 16.4 Å². The normalized spacial score (nSPS) is 14.4. The Balaban J connectivity index is 1.86. The molecular weight excluding hydrogens is 347 g/mol. The number of rotatable bonds is 2. The predicted molar refractivity (Wildman–Crippen MR) is 74.5 cm³/mol. The summed E-state index contributed by atoms with van der Waals surface area (Å²) >= 11 is 2.14. The number of carbonyl (C=O) groups excluding carboxylic acids is 2. The molecule has 2 rings (SSSR count). The minimum atomic E-state index is -0.655. The van der Waals surface area contributed by atoms with Gasteiger partial charge in [-0.15, -0.1) is 0 Å². The molecule has 6 nitrogen and oxygen atoms in total. The quantitative estimate of drug-likeness (QED) is 0.464. The number of halogens is 1. The molecule has 1 aliphatic heterocycles. The number of hydrogen-bond donors (Lipinski definition) is 2. The first-order chi connectivity index (χ1) is 8.66. The predicted octanol–water partition coefficient (Wildman–Crippen LogP) is 0.752. The Bertz CT molecular complexity index is 460. The molecule has 0 atom stereocenters. The zero-order chi connectivity index (χ0) is 13.0. The van der Waals surface area contributed by atoms with E-state index in [4.69, 9.17) is 0 Å². The van der Waals surface area contributed by atoms with Gasteiger partial charge >= 0.3 is 11.8 Å². The van der Waals surface area contributed by atoms with Crippen molar-refractivity contribution in [1.29, 1.82) is 0 Å². The summed E-state index contributed by atoms with van der Waals surface area (Å²) in [4.78, 5) is 28.8. The summed E-state index contributed by atoms with van der Waals surface area (Å²) in [6.07, 6.45) is 3.55. The monoisotopic (exact) mass is 360 g/mol. The molecule has 1 fully saturated rings. The van der Waals surface area contributed by atoms with Crippen LogP contribution < -0.4 is 10.9 Å². The summed E-state index contributed by atoms with van der Waals surface area (Å²) in [5.41, 5.74) is 4.98. The van der Waals surface area contributed by atoms with Gasteiger partial charge in [0.25, 0.3) is 0 Å². The molecule has 0 radical (unpaired) electrons. The molecule has 0 unspecified atom stereocenters. The first-order valence-electron chi connectivity index (χ1n) is 5.63. The summed E-state index contributed by atoms with van der Waals surface area (Å²) in [6, 6.07) is 3.60. The number of hydrazine groups is 1. The third kappa shape index (κ3) is 3.31. The van der Waals surface area contributed by atoms with Crippen LogP contribution in [-0.4, -0.2) is 34.8 Å². The van der Waals surface area contributed by atoms with E-state index < -0.39 is 11.8 Å². The third-order valence-electron chi connectivity index (χ3n) is 2.61. The second-order valence-electron chi connectivity index (χ2n) is 3.94. The van der Waals surface area contributed by atoms with Crippen LogP contribution in [0, 0.1) is 3.57 Å². The van der Waals surface area contributed by atoms with E-state index in [-0.39, 0.29) is 0 Å².